The smallest absolute Gasteiger partial charge is 0.410 e. The number of benzene rings is 1. The van der Waals surface area contributed by atoms with Crippen LogP contribution in [0, 0.1) is 6.92 Å². The van der Waals surface area contributed by atoms with Crippen LogP contribution in [0.2, 0.25) is 0 Å². The summed E-state index contributed by atoms with van der Waals surface area (Å²) in [5.74, 6) is 0.111. The van der Waals surface area contributed by atoms with Crippen LogP contribution < -0.4 is 0 Å². The molecule has 2 aromatic rings. The number of hydrogen-bond acceptors (Lipinski definition) is 4. The lowest BCUT2D eigenvalue weighted by molar-refractivity contribution is 0.0640. The summed E-state index contributed by atoms with van der Waals surface area (Å²) in [4.78, 5) is 29.6. The van der Waals surface area contributed by atoms with E-state index in [9.17, 15) is 9.59 Å². The predicted octanol–water partition coefficient (Wildman–Crippen LogP) is 3.85. The minimum atomic E-state index is -0.238. The van der Waals surface area contributed by atoms with Crippen LogP contribution >= 0.6 is 11.3 Å². The molecule has 4 rings (SSSR count). The fourth-order valence-electron chi connectivity index (χ4n) is 3.85. The van der Waals surface area contributed by atoms with Gasteiger partial charge in [0.25, 0.3) is 5.91 Å². The molecule has 5 nitrogen and oxygen atoms in total. The number of carbonyl (C=O) groups excluding carboxylic acids is 2. The molecular weight excluding hydrogens is 348 g/mol. The lowest BCUT2D eigenvalue weighted by atomic mass is 9.99. The van der Waals surface area contributed by atoms with Crippen LogP contribution in [0.15, 0.2) is 41.8 Å². The number of carbonyl (C=O) groups is 2. The molecule has 3 heterocycles. The molecule has 2 saturated heterocycles. The number of ether oxygens (including phenoxy) is 1. The number of aryl methyl sites for hydroxylation is 1. The fraction of sp³-hybridized carbons (Fsp3) is 0.400. The molecule has 0 N–H and O–H groups in total. The Kier molecular flexibility index (Phi) is 4.68. The van der Waals surface area contributed by atoms with Gasteiger partial charge in [0.1, 0.15) is 6.61 Å². The Hall–Kier alpha value is -2.34. The van der Waals surface area contributed by atoms with Crippen LogP contribution in [0.4, 0.5) is 4.79 Å². The summed E-state index contributed by atoms with van der Waals surface area (Å²) in [7, 11) is 0. The van der Waals surface area contributed by atoms with Gasteiger partial charge < -0.3 is 9.64 Å². The quantitative estimate of drug-likeness (QED) is 0.824. The van der Waals surface area contributed by atoms with Crippen LogP contribution in [0.3, 0.4) is 0 Å². The second kappa shape index (κ2) is 7.11. The predicted molar refractivity (Wildman–Crippen MR) is 100 cm³/mol. The largest absolute Gasteiger partial charge is 0.447 e. The van der Waals surface area contributed by atoms with Crippen LogP contribution in [0.1, 0.15) is 39.7 Å². The zero-order valence-electron chi connectivity index (χ0n) is 14.8. The average molecular weight is 370 g/mol. The van der Waals surface area contributed by atoms with Crippen molar-refractivity contribution >= 4 is 23.3 Å². The Morgan fingerprint density at radius 1 is 1.15 bits per heavy atom. The maximum absolute atomic E-state index is 12.7. The van der Waals surface area contributed by atoms with E-state index in [1.807, 2.05) is 58.5 Å². The number of hydrogen-bond donors (Lipinski definition) is 0. The van der Waals surface area contributed by atoms with E-state index in [4.69, 9.17) is 4.74 Å². The van der Waals surface area contributed by atoms with Crippen LogP contribution in [0.5, 0.6) is 0 Å². The Morgan fingerprint density at radius 2 is 1.88 bits per heavy atom. The van der Waals surface area contributed by atoms with Crippen molar-refractivity contribution in [2.24, 2.45) is 0 Å². The van der Waals surface area contributed by atoms with Gasteiger partial charge in [-0.1, -0.05) is 30.3 Å². The van der Waals surface area contributed by atoms with E-state index in [2.05, 4.69) is 0 Å². The minimum Gasteiger partial charge on any atom is -0.447 e. The first-order chi connectivity index (χ1) is 12.6. The first-order valence-electron chi connectivity index (χ1n) is 8.98. The third-order valence-electron chi connectivity index (χ3n) is 5.30. The summed E-state index contributed by atoms with van der Waals surface area (Å²) in [6.45, 7) is 3.72. The molecule has 1 atom stereocenters. The monoisotopic (exact) mass is 370 g/mol. The second-order valence-corrected chi connectivity index (χ2v) is 7.78. The van der Waals surface area contributed by atoms with Crippen molar-refractivity contribution in [3.8, 4) is 0 Å². The summed E-state index contributed by atoms with van der Waals surface area (Å²) >= 11 is 1.50. The van der Waals surface area contributed by atoms with Crippen molar-refractivity contribution in [3.05, 3.63) is 57.8 Å². The van der Waals surface area contributed by atoms with E-state index in [-0.39, 0.29) is 24.1 Å². The van der Waals surface area contributed by atoms with Crippen molar-refractivity contribution in [1.82, 2.24) is 9.80 Å². The minimum absolute atomic E-state index is 0.0320. The Balaban J connectivity index is 1.44. The molecule has 0 spiro atoms. The van der Waals surface area contributed by atoms with Crippen LogP contribution in [-0.2, 0) is 4.74 Å². The fourth-order valence-corrected chi connectivity index (χ4v) is 4.74. The van der Waals surface area contributed by atoms with Gasteiger partial charge in [-0.25, -0.2) is 4.79 Å². The molecule has 6 heteroatoms. The zero-order valence-corrected chi connectivity index (χ0v) is 15.6. The number of piperidine rings is 1. The molecule has 1 unspecified atom stereocenters. The molecule has 2 aliphatic heterocycles. The normalized spacial score (nSPS) is 21.1. The Labute approximate surface area is 157 Å². The molecule has 26 heavy (non-hydrogen) atoms. The van der Waals surface area contributed by atoms with E-state index in [0.717, 1.165) is 28.8 Å². The van der Waals surface area contributed by atoms with E-state index in [0.29, 0.717) is 19.7 Å². The molecule has 2 fully saturated rings. The molecule has 0 saturated carbocycles. The number of amides is 2. The van der Waals surface area contributed by atoms with Crippen molar-refractivity contribution in [1.29, 1.82) is 0 Å². The average Bonchev–Trinajstić information content (AvgIpc) is 3.27. The van der Waals surface area contributed by atoms with E-state index in [1.54, 1.807) is 0 Å². The standard InChI is InChI=1S/C20H22N2O3S/c1-14-9-12-26-18(14)19(23)21-10-7-16(8-11-21)22-17(13-25-20(22)24)15-5-3-2-4-6-15/h2-6,9,12,16-17H,7-8,10-11,13H2,1H3. The first-order valence-corrected chi connectivity index (χ1v) is 9.86. The highest BCUT2D eigenvalue weighted by atomic mass is 32.1. The summed E-state index contributed by atoms with van der Waals surface area (Å²) in [6.07, 6.45) is 1.33. The molecule has 136 valence electrons. The van der Waals surface area contributed by atoms with E-state index in [1.165, 1.54) is 11.3 Å². The molecule has 0 bridgehead atoms. The third kappa shape index (κ3) is 3.09. The number of thiophene rings is 1. The van der Waals surface area contributed by atoms with Gasteiger partial charge in [0, 0.05) is 19.1 Å². The maximum atomic E-state index is 12.7. The van der Waals surface area contributed by atoms with Gasteiger partial charge >= 0.3 is 6.09 Å². The Morgan fingerprint density at radius 3 is 2.54 bits per heavy atom. The summed E-state index contributed by atoms with van der Waals surface area (Å²) in [5.41, 5.74) is 2.14. The molecular formula is C20H22N2O3S. The lowest BCUT2D eigenvalue weighted by Gasteiger charge is -2.37. The molecule has 0 aliphatic carbocycles. The van der Waals surface area contributed by atoms with Crippen LogP contribution in [-0.4, -0.2) is 47.5 Å². The van der Waals surface area contributed by atoms with Crippen molar-refractivity contribution in [2.75, 3.05) is 19.7 Å². The number of likely N-dealkylation sites (tertiary alicyclic amines) is 1. The van der Waals surface area contributed by atoms with Gasteiger partial charge in [-0.3, -0.25) is 9.69 Å². The first kappa shape index (κ1) is 17.1. The maximum Gasteiger partial charge on any atom is 0.410 e. The highest BCUT2D eigenvalue weighted by Gasteiger charge is 2.40. The summed E-state index contributed by atoms with van der Waals surface area (Å²) in [5, 5.41) is 1.96. The van der Waals surface area contributed by atoms with E-state index < -0.39 is 0 Å². The lowest BCUT2D eigenvalue weighted by Crippen LogP contribution is -2.47. The summed E-state index contributed by atoms with van der Waals surface area (Å²) < 4.78 is 5.34. The molecule has 0 radical (unpaired) electrons. The van der Waals surface area contributed by atoms with Gasteiger partial charge in [-0.2, -0.15) is 0 Å². The molecule has 1 aromatic carbocycles. The van der Waals surface area contributed by atoms with Gasteiger partial charge in [-0.05, 0) is 42.3 Å². The SMILES string of the molecule is Cc1ccsc1C(=O)N1CCC(N2C(=O)OCC2c2ccccc2)CC1. The number of nitrogens with zero attached hydrogens (tertiary/aromatic N) is 2. The second-order valence-electron chi connectivity index (χ2n) is 6.87. The number of rotatable bonds is 3. The van der Waals surface area contributed by atoms with Gasteiger partial charge in [-0.15, -0.1) is 11.3 Å². The Bertz CT molecular complexity index is 796. The summed E-state index contributed by atoms with van der Waals surface area (Å²) in [6, 6.07) is 12.1. The molecule has 2 aliphatic rings. The highest BCUT2D eigenvalue weighted by molar-refractivity contribution is 7.12. The molecule has 2 amide bonds. The van der Waals surface area contributed by atoms with Crippen molar-refractivity contribution in [3.63, 3.8) is 0 Å². The highest BCUT2D eigenvalue weighted by Crippen LogP contribution is 2.33. The number of cyclic esters (lactones) is 1. The van der Waals surface area contributed by atoms with Gasteiger partial charge in [0.2, 0.25) is 0 Å². The topological polar surface area (TPSA) is 49.9 Å². The zero-order chi connectivity index (χ0) is 18.1. The van der Waals surface area contributed by atoms with Crippen LogP contribution in [0.25, 0.3) is 0 Å². The van der Waals surface area contributed by atoms with Gasteiger partial charge in [0.15, 0.2) is 0 Å². The van der Waals surface area contributed by atoms with Gasteiger partial charge in [0.05, 0.1) is 10.9 Å². The third-order valence-corrected chi connectivity index (χ3v) is 6.30. The van der Waals surface area contributed by atoms with Crippen molar-refractivity contribution < 1.29 is 14.3 Å². The van der Waals surface area contributed by atoms with Crippen molar-refractivity contribution in [2.45, 2.75) is 31.8 Å². The van der Waals surface area contributed by atoms with E-state index >= 15 is 0 Å². The molecule has 1 aromatic heterocycles.